The van der Waals surface area contributed by atoms with Crippen molar-refractivity contribution < 1.29 is 4.79 Å². The maximum Gasteiger partial charge on any atom is 0.228 e. The first-order valence-corrected chi connectivity index (χ1v) is 6.64. The van der Waals surface area contributed by atoms with E-state index >= 15 is 0 Å². The molecule has 0 fully saturated rings. The van der Waals surface area contributed by atoms with Gasteiger partial charge in [0.2, 0.25) is 5.91 Å². The van der Waals surface area contributed by atoms with E-state index < -0.39 is 0 Å². The summed E-state index contributed by atoms with van der Waals surface area (Å²) in [7, 11) is 0. The molecule has 3 rings (SSSR count). The van der Waals surface area contributed by atoms with Crippen LogP contribution in [0.5, 0.6) is 0 Å². The molecule has 0 aliphatic rings. The fourth-order valence-electron chi connectivity index (χ4n) is 2.34. The fraction of sp³-hybridized carbons (Fsp3) is 0.118. The number of fused-ring (bicyclic) bond motifs is 1. The predicted octanol–water partition coefficient (Wildman–Crippen LogP) is 3.66. The molecule has 2 aromatic carbocycles. The van der Waals surface area contributed by atoms with Gasteiger partial charge >= 0.3 is 0 Å². The molecule has 0 atom stereocenters. The van der Waals surface area contributed by atoms with Gasteiger partial charge in [-0.15, -0.1) is 0 Å². The zero-order valence-electron chi connectivity index (χ0n) is 11.3. The van der Waals surface area contributed by atoms with Crippen LogP contribution in [0, 0.1) is 6.92 Å². The Morgan fingerprint density at radius 2 is 1.90 bits per heavy atom. The quantitative estimate of drug-likeness (QED) is 0.745. The average molecular weight is 264 g/mol. The van der Waals surface area contributed by atoms with E-state index in [0.717, 1.165) is 22.5 Å². The first kappa shape index (κ1) is 12.5. The van der Waals surface area contributed by atoms with Crippen molar-refractivity contribution in [3.05, 3.63) is 65.9 Å². The van der Waals surface area contributed by atoms with E-state index in [-0.39, 0.29) is 5.91 Å². The number of benzene rings is 2. The lowest BCUT2D eigenvalue weighted by molar-refractivity contribution is -0.115. The minimum absolute atomic E-state index is 0.00109. The minimum atomic E-state index is -0.00109. The van der Waals surface area contributed by atoms with E-state index in [9.17, 15) is 4.79 Å². The van der Waals surface area contributed by atoms with E-state index in [4.69, 9.17) is 0 Å². The number of carbonyl (C=O) groups is 1. The van der Waals surface area contributed by atoms with Gasteiger partial charge in [-0.05, 0) is 42.1 Å². The summed E-state index contributed by atoms with van der Waals surface area (Å²) in [5.74, 6) is -0.00109. The van der Waals surface area contributed by atoms with Crippen LogP contribution in [0.25, 0.3) is 10.9 Å². The number of hydrogen-bond donors (Lipinski definition) is 2. The number of nitrogens with one attached hydrogen (secondary N) is 2. The number of para-hydroxylation sites is 1. The summed E-state index contributed by atoms with van der Waals surface area (Å²) in [5, 5.41) is 4.07. The molecule has 0 saturated carbocycles. The van der Waals surface area contributed by atoms with Crippen LogP contribution >= 0.6 is 0 Å². The predicted molar refractivity (Wildman–Crippen MR) is 81.8 cm³/mol. The number of rotatable bonds is 3. The molecule has 0 aliphatic heterocycles. The van der Waals surface area contributed by atoms with Crippen molar-refractivity contribution >= 4 is 22.5 Å². The number of anilines is 1. The maximum atomic E-state index is 12.0. The van der Waals surface area contributed by atoms with Crippen LogP contribution in [-0.4, -0.2) is 10.9 Å². The van der Waals surface area contributed by atoms with Crippen LogP contribution in [0.4, 0.5) is 5.69 Å². The van der Waals surface area contributed by atoms with E-state index in [2.05, 4.69) is 16.4 Å². The molecular formula is C17H16N2O. The van der Waals surface area contributed by atoms with E-state index in [1.165, 1.54) is 5.39 Å². The van der Waals surface area contributed by atoms with E-state index in [0.29, 0.717) is 6.42 Å². The zero-order valence-corrected chi connectivity index (χ0v) is 11.3. The maximum absolute atomic E-state index is 12.0. The summed E-state index contributed by atoms with van der Waals surface area (Å²) in [6.07, 6.45) is 0.378. The summed E-state index contributed by atoms with van der Waals surface area (Å²) < 4.78 is 0. The average Bonchev–Trinajstić information content (AvgIpc) is 2.79. The molecule has 2 N–H and O–H groups in total. The van der Waals surface area contributed by atoms with Gasteiger partial charge in [0.15, 0.2) is 0 Å². The normalized spacial score (nSPS) is 10.7. The molecule has 0 unspecified atom stereocenters. The van der Waals surface area contributed by atoms with Crippen molar-refractivity contribution in [2.45, 2.75) is 13.3 Å². The molecule has 3 heteroatoms. The largest absolute Gasteiger partial charge is 0.359 e. The molecule has 100 valence electrons. The lowest BCUT2D eigenvalue weighted by atomic mass is 10.1. The number of carbonyl (C=O) groups excluding carboxylic acids is 1. The molecule has 0 bridgehead atoms. The third kappa shape index (κ3) is 2.72. The standard InChI is InChI=1S/C17H16N2O/c1-12-9-14-8-7-13(10-16(14)18-12)11-17(20)19-15-5-3-2-4-6-15/h2-10,18H,11H2,1H3,(H,19,20). The van der Waals surface area contributed by atoms with Gasteiger partial charge in [0.05, 0.1) is 6.42 Å². The van der Waals surface area contributed by atoms with Gasteiger partial charge in [0, 0.05) is 16.9 Å². The number of aromatic nitrogens is 1. The van der Waals surface area contributed by atoms with Crippen LogP contribution in [0.3, 0.4) is 0 Å². The molecule has 1 aromatic heterocycles. The van der Waals surface area contributed by atoms with Gasteiger partial charge in [-0.2, -0.15) is 0 Å². The Morgan fingerprint density at radius 3 is 2.70 bits per heavy atom. The first-order valence-electron chi connectivity index (χ1n) is 6.64. The number of hydrogen-bond acceptors (Lipinski definition) is 1. The summed E-state index contributed by atoms with van der Waals surface area (Å²) in [6.45, 7) is 2.03. The lowest BCUT2D eigenvalue weighted by Gasteiger charge is -2.05. The Balaban J connectivity index is 1.74. The third-order valence-corrected chi connectivity index (χ3v) is 3.24. The minimum Gasteiger partial charge on any atom is -0.359 e. The molecule has 0 saturated heterocycles. The summed E-state index contributed by atoms with van der Waals surface area (Å²) in [6, 6.07) is 17.7. The SMILES string of the molecule is Cc1cc2ccc(CC(=O)Nc3ccccc3)cc2[nH]1. The molecule has 0 radical (unpaired) electrons. The number of H-pyrrole nitrogens is 1. The van der Waals surface area contributed by atoms with Gasteiger partial charge in [-0.3, -0.25) is 4.79 Å². The summed E-state index contributed by atoms with van der Waals surface area (Å²) in [5.41, 5.74) is 4.04. The van der Waals surface area contributed by atoms with Gasteiger partial charge in [-0.1, -0.05) is 30.3 Å². The topological polar surface area (TPSA) is 44.9 Å². The van der Waals surface area contributed by atoms with Crippen LogP contribution in [0.15, 0.2) is 54.6 Å². The van der Waals surface area contributed by atoms with Crippen molar-refractivity contribution in [3.63, 3.8) is 0 Å². The van der Waals surface area contributed by atoms with E-state index in [1.807, 2.05) is 55.5 Å². The number of amides is 1. The smallest absolute Gasteiger partial charge is 0.228 e. The van der Waals surface area contributed by atoms with E-state index in [1.54, 1.807) is 0 Å². The molecule has 3 aromatic rings. The van der Waals surface area contributed by atoms with Crippen LogP contribution in [-0.2, 0) is 11.2 Å². The Labute approximate surface area is 117 Å². The molecule has 3 nitrogen and oxygen atoms in total. The first-order chi connectivity index (χ1) is 9.70. The van der Waals surface area contributed by atoms with Crippen molar-refractivity contribution in [1.29, 1.82) is 0 Å². The summed E-state index contributed by atoms with van der Waals surface area (Å²) >= 11 is 0. The van der Waals surface area contributed by atoms with Crippen LogP contribution < -0.4 is 5.32 Å². The molecule has 20 heavy (non-hydrogen) atoms. The van der Waals surface area contributed by atoms with Crippen molar-refractivity contribution in [1.82, 2.24) is 4.98 Å². The van der Waals surface area contributed by atoms with Crippen molar-refractivity contribution in [2.75, 3.05) is 5.32 Å². The molecule has 0 spiro atoms. The molecular weight excluding hydrogens is 248 g/mol. The zero-order chi connectivity index (χ0) is 13.9. The molecule has 0 aliphatic carbocycles. The second-order valence-electron chi connectivity index (χ2n) is 4.96. The second kappa shape index (κ2) is 5.21. The van der Waals surface area contributed by atoms with Gasteiger partial charge in [-0.25, -0.2) is 0 Å². The highest BCUT2D eigenvalue weighted by atomic mass is 16.1. The Bertz CT molecular complexity index is 744. The van der Waals surface area contributed by atoms with Gasteiger partial charge in [0.25, 0.3) is 0 Å². The second-order valence-corrected chi connectivity index (χ2v) is 4.96. The Kier molecular flexibility index (Phi) is 3.25. The van der Waals surface area contributed by atoms with Gasteiger partial charge < -0.3 is 10.3 Å². The highest BCUT2D eigenvalue weighted by Gasteiger charge is 2.05. The highest BCUT2D eigenvalue weighted by Crippen LogP contribution is 2.17. The van der Waals surface area contributed by atoms with Crippen LogP contribution in [0.1, 0.15) is 11.3 Å². The van der Waals surface area contributed by atoms with Gasteiger partial charge in [0.1, 0.15) is 0 Å². The number of aryl methyl sites for hydroxylation is 1. The van der Waals surface area contributed by atoms with Crippen molar-refractivity contribution in [3.8, 4) is 0 Å². The molecule has 1 heterocycles. The molecule has 1 amide bonds. The van der Waals surface area contributed by atoms with Crippen LogP contribution in [0.2, 0.25) is 0 Å². The lowest BCUT2D eigenvalue weighted by Crippen LogP contribution is -2.14. The Hall–Kier alpha value is -2.55. The summed E-state index contributed by atoms with van der Waals surface area (Å²) in [4.78, 5) is 15.3. The Morgan fingerprint density at radius 1 is 1.10 bits per heavy atom. The fourth-order valence-corrected chi connectivity index (χ4v) is 2.34. The number of aromatic amines is 1. The highest BCUT2D eigenvalue weighted by molar-refractivity contribution is 5.93. The monoisotopic (exact) mass is 264 g/mol. The third-order valence-electron chi connectivity index (χ3n) is 3.24. The van der Waals surface area contributed by atoms with Crippen molar-refractivity contribution in [2.24, 2.45) is 0 Å².